The van der Waals surface area contributed by atoms with Gasteiger partial charge >= 0.3 is 0 Å². The summed E-state index contributed by atoms with van der Waals surface area (Å²) in [4.78, 5) is 11.9. The number of aromatic nitrogens is 4. The summed E-state index contributed by atoms with van der Waals surface area (Å²) in [7, 11) is 0. The Morgan fingerprint density at radius 2 is 2.23 bits per heavy atom. The van der Waals surface area contributed by atoms with Crippen molar-refractivity contribution in [2.45, 2.75) is 38.2 Å². The van der Waals surface area contributed by atoms with Crippen LogP contribution in [0.4, 0.5) is 14.6 Å². The van der Waals surface area contributed by atoms with Crippen LogP contribution in [-0.4, -0.2) is 38.7 Å². The summed E-state index contributed by atoms with van der Waals surface area (Å²) in [5.74, 6) is -3.39. The van der Waals surface area contributed by atoms with Crippen molar-refractivity contribution in [3.05, 3.63) is 12.7 Å². The van der Waals surface area contributed by atoms with Crippen LogP contribution in [0.2, 0.25) is 0 Å². The molecule has 1 aliphatic rings. The number of hydrogen-bond acceptors (Lipinski definition) is 5. The van der Waals surface area contributed by atoms with E-state index in [2.05, 4.69) is 15.0 Å². The molecule has 0 radical (unpaired) electrons. The van der Waals surface area contributed by atoms with Gasteiger partial charge in [0.25, 0.3) is 5.92 Å². The molecule has 0 bridgehead atoms. The molecule has 0 saturated heterocycles. The van der Waals surface area contributed by atoms with Crippen molar-refractivity contribution in [3.63, 3.8) is 0 Å². The van der Waals surface area contributed by atoms with Crippen LogP contribution >= 0.6 is 0 Å². The highest BCUT2D eigenvalue weighted by atomic mass is 19.3. The van der Waals surface area contributed by atoms with Crippen molar-refractivity contribution in [2.24, 2.45) is 5.92 Å². The number of halogens is 2. The van der Waals surface area contributed by atoms with Gasteiger partial charge in [-0.1, -0.05) is 13.3 Å². The second-order valence-corrected chi connectivity index (χ2v) is 5.63. The standard InChI is InChI=1S/C14H19F2N5O/c1-2-3-4-22-6-9-5-10(14(9,15)16)21-8-20-11-12(17)18-7-19-13(11)21/h7-10H,2-6H2,1H3,(H2,17,18,19). The average Bonchev–Trinajstić information content (AvgIpc) is 2.90. The number of nitrogen functional groups attached to an aromatic ring is 1. The van der Waals surface area contributed by atoms with E-state index in [4.69, 9.17) is 10.5 Å². The van der Waals surface area contributed by atoms with E-state index in [1.807, 2.05) is 6.92 Å². The number of nitrogens with zero attached hydrogens (tertiary/aromatic N) is 4. The third-order valence-corrected chi connectivity index (χ3v) is 4.18. The van der Waals surface area contributed by atoms with E-state index in [-0.39, 0.29) is 12.4 Å². The highest BCUT2D eigenvalue weighted by molar-refractivity contribution is 5.81. The van der Waals surface area contributed by atoms with Crippen molar-refractivity contribution in [1.29, 1.82) is 0 Å². The zero-order valence-electron chi connectivity index (χ0n) is 12.4. The van der Waals surface area contributed by atoms with Crippen LogP contribution in [-0.2, 0) is 4.74 Å². The van der Waals surface area contributed by atoms with Gasteiger partial charge in [0.05, 0.1) is 18.9 Å². The Bertz CT molecular complexity index is 660. The molecule has 8 heteroatoms. The first-order chi connectivity index (χ1) is 10.6. The van der Waals surface area contributed by atoms with Gasteiger partial charge in [-0.15, -0.1) is 0 Å². The molecule has 0 amide bonds. The molecule has 120 valence electrons. The Balaban J connectivity index is 1.72. The molecule has 2 N–H and O–H groups in total. The van der Waals surface area contributed by atoms with E-state index in [9.17, 15) is 8.78 Å². The second-order valence-electron chi connectivity index (χ2n) is 5.63. The number of unbranched alkanes of at least 4 members (excludes halogenated alkanes) is 1. The molecule has 2 aromatic heterocycles. The van der Waals surface area contributed by atoms with Crippen LogP contribution in [0.25, 0.3) is 11.2 Å². The molecule has 0 spiro atoms. The first-order valence-corrected chi connectivity index (χ1v) is 7.44. The molecule has 1 fully saturated rings. The Morgan fingerprint density at radius 1 is 1.41 bits per heavy atom. The molecular formula is C14H19F2N5O. The van der Waals surface area contributed by atoms with Gasteiger partial charge < -0.3 is 15.0 Å². The van der Waals surface area contributed by atoms with Gasteiger partial charge in [-0.2, -0.15) is 0 Å². The lowest BCUT2D eigenvalue weighted by Gasteiger charge is -2.44. The van der Waals surface area contributed by atoms with E-state index >= 15 is 0 Å². The maximum absolute atomic E-state index is 14.4. The summed E-state index contributed by atoms with van der Waals surface area (Å²) in [6, 6.07) is -0.952. The average molecular weight is 311 g/mol. The fraction of sp³-hybridized carbons (Fsp3) is 0.643. The zero-order chi connectivity index (χ0) is 15.7. The number of hydrogen-bond donors (Lipinski definition) is 1. The summed E-state index contributed by atoms with van der Waals surface area (Å²) in [6.45, 7) is 2.66. The lowest BCUT2D eigenvalue weighted by atomic mass is 9.76. The van der Waals surface area contributed by atoms with Gasteiger partial charge in [0, 0.05) is 6.61 Å². The summed E-state index contributed by atoms with van der Waals surface area (Å²) in [5.41, 5.74) is 6.40. The second kappa shape index (κ2) is 5.75. The van der Waals surface area contributed by atoms with Gasteiger partial charge in [-0.25, -0.2) is 23.7 Å². The van der Waals surface area contributed by atoms with Gasteiger partial charge in [0.1, 0.15) is 17.9 Å². The minimum absolute atomic E-state index is 0.0905. The quantitative estimate of drug-likeness (QED) is 0.829. The van der Waals surface area contributed by atoms with Gasteiger partial charge in [0.15, 0.2) is 11.5 Å². The maximum atomic E-state index is 14.4. The van der Waals surface area contributed by atoms with Crippen LogP contribution in [0.5, 0.6) is 0 Å². The third-order valence-electron chi connectivity index (χ3n) is 4.18. The van der Waals surface area contributed by atoms with Gasteiger partial charge in [-0.3, -0.25) is 0 Å². The molecule has 1 saturated carbocycles. The summed E-state index contributed by atoms with van der Waals surface area (Å²) in [5, 5.41) is 0. The lowest BCUT2D eigenvalue weighted by molar-refractivity contribution is -0.194. The van der Waals surface area contributed by atoms with Crippen molar-refractivity contribution >= 4 is 17.0 Å². The molecule has 2 unspecified atom stereocenters. The van der Waals surface area contributed by atoms with Gasteiger partial charge in [0.2, 0.25) is 0 Å². The number of imidazole rings is 1. The van der Waals surface area contributed by atoms with E-state index in [0.717, 1.165) is 12.8 Å². The van der Waals surface area contributed by atoms with Crippen LogP contribution in [0, 0.1) is 5.92 Å². The van der Waals surface area contributed by atoms with Crippen LogP contribution in [0.15, 0.2) is 12.7 Å². The fourth-order valence-electron chi connectivity index (χ4n) is 2.74. The maximum Gasteiger partial charge on any atom is 0.273 e. The molecule has 3 rings (SSSR count). The van der Waals surface area contributed by atoms with Gasteiger partial charge in [-0.05, 0) is 12.8 Å². The van der Waals surface area contributed by atoms with E-state index < -0.39 is 17.9 Å². The first kappa shape index (κ1) is 15.1. The predicted molar refractivity (Wildman–Crippen MR) is 77.6 cm³/mol. The molecule has 2 aromatic rings. The molecular weight excluding hydrogens is 292 g/mol. The fourth-order valence-corrected chi connectivity index (χ4v) is 2.74. The highest BCUT2D eigenvalue weighted by Gasteiger charge is 2.58. The monoisotopic (exact) mass is 311 g/mol. The molecule has 6 nitrogen and oxygen atoms in total. The van der Waals surface area contributed by atoms with Crippen LogP contribution in [0.1, 0.15) is 32.2 Å². The minimum Gasteiger partial charge on any atom is -0.382 e. The van der Waals surface area contributed by atoms with Crippen molar-refractivity contribution in [2.75, 3.05) is 18.9 Å². The van der Waals surface area contributed by atoms with Crippen molar-refractivity contribution in [3.8, 4) is 0 Å². The topological polar surface area (TPSA) is 78.9 Å². The number of nitrogens with two attached hydrogens (primary N) is 1. The minimum atomic E-state index is -2.83. The molecule has 22 heavy (non-hydrogen) atoms. The van der Waals surface area contributed by atoms with E-state index in [1.54, 1.807) is 0 Å². The third kappa shape index (κ3) is 2.41. The number of fused-ring (bicyclic) bond motifs is 1. The number of anilines is 1. The summed E-state index contributed by atoms with van der Waals surface area (Å²) < 4.78 is 35.5. The Labute approximate surface area is 126 Å². The normalized spacial score (nSPS) is 23.6. The molecule has 2 heterocycles. The Hall–Kier alpha value is -1.83. The van der Waals surface area contributed by atoms with E-state index in [1.165, 1.54) is 17.2 Å². The molecule has 0 aromatic carbocycles. The van der Waals surface area contributed by atoms with Crippen LogP contribution in [0.3, 0.4) is 0 Å². The highest BCUT2D eigenvalue weighted by Crippen LogP contribution is 2.52. The number of rotatable bonds is 6. The predicted octanol–water partition coefficient (Wildman–Crippen LogP) is 2.42. The molecule has 1 aliphatic carbocycles. The first-order valence-electron chi connectivity index (χ1n) is 7.44. The molecule has 2 atom stereocenters. The summed E-state index contributed by atoms with van der Waals surface area (Å²) in [6.07, 6.45) is 4.85. The lowest BCUT2D eigenvalue weighted by Crippen LogP contribution is -2.51. The van der Waals surface area contributed by atoms with E-state index in [0.29, 0.717) is 24.2 Å². The smallest absolute Gasteiger partial charge is 0.273 e. The number of alkyl halides is 2. The van der Waals surface area contributed by atoms with Crippen molar-refractivity contribution < 1.29 is 13.5 Å². The largest absolute Gasteiger partial charge is 0.382 e. The Morgan fingerprint density at radius 3 is 2.95 bits per heavy atom. The zero-order valence-corrected chi connectivity index (χ0v) is 12.4. The summed E-state index contributed by atoms with van der Waals surface area (Å²) >= 11 is 0. The molecule has 0 aliphatic heterocycles. The Kier molecular flexibility index (Phi) is 3.94. The SMILES string of the molecule is CCCCOCC1CC(n2cnc3c(N)ncnc32)C1(F)F. The number of ether oxygens (including phenoxy) is 1. The van der Waals surface area contributed by atoms with Crippen LogP contribution < -0.4 is 5.73 Å². The van der Waals surface area contributed by atoms with Crippen molar-refractivity contribution in [1.82, 2.24) is 19.5 Å².